The van der Waals surface area contributed by atoms with E-state index in [9.17, 15) is 5.11 Å². The van der Waals surface area contributed by atoms with Crippen LogP contribution >= 0.6 is 0 Å². The maximum Gasteiger partial charge on any atom is 0.258 e. The summed E-state index contributed by atoms with van der Waals surface area (Å²) >= 11 is 0. The first-order valence-electron chi connectivity index (χ1n) is 6.03. The lowest BCUT2D eigenvalue weighted by Gasteiger charge is -1.99. The molecule has 0 aliphatic heterocycles. The van der Waals surface area contributed by atoms with Gasteiger partial charge in [-0.25, -0.2) is 0 Å². The number of aromatic nitrogens is 3. The van der Waals surface area contributed by atoms with E-state index >= 15 is 0 Å². The molecule has 0 saturated carbocycles. The van der Waals surface area contributed by atoms with Gasteiger partial charge in [-0.3, -0.25) is 4.98 Å². The Morgan fingerprint density at radius 3 is 2.90 bits per heavy atom. The number of nitrogen functional groups attached to an aromatic ring is 1. The van der Waals surface area contributed by atoms with E-state index < -0.39 is 0 Å². The Hall–Kier alpha value is -2.89. The van der Waals surface area contributed by atoms with Gasteiger partial charge in [0.05, 0.1) is 5.69 Å². The van der Waals surface area contributed by atoms with Crippen LogP contribution in [0.25, 0.3) is 11.5 Å². The number of phenolic OH excluding ortho intramolecular Hbond substituents is 1. The van der Waals surface area contributed by atoms with Crippen molar-refractivity contribution in [1.82, 2.24) is 15.1 Å². The molecule has 20 heavy (non-hydrogen) atoms. The molecule has 6 nitrogen and oxygen atoms in total. The highest BCUT2D eigenvalue weighted by Gasteiger charge is 2.10. The third kappa shape index (κ3) is 2.44. The van der Waals surface area contributed by atoms with Crippen molar-refractivity contribution >= 4 is 5.69 Å². The number of hydrogen-bond acceptors (Lipinski definition) is 6. The molecule has 2 aromatic heterocycles. The van der Waals surface area contributed by atoms with Crippen molar-refractivity contribution in [3.05, 3.63) is 54.1 Å². The lowest BCUT2D eigenvalue weighted by molar-refractivity contribution is 0.423. The fourth-order valence-electron chi connectivity index (χ4n) is 1.82. The number of nitrogens with zero attached hydrogens (tertiary/aromatic N) is 3. The molecule has 0 aliphatic carbocycles. The molecule has 100 valence electrons. The van der Waals surface area contributed by atoms with Crippen molar-refractivity contribution < 1.29 is 9.63 Å². The molecule has 1 aromatic carbocycles. The van der Waals surface area contributed by atoms with E-state index in [-0.39, 0.29) is 11.4 Å². The Kier molecular flexibility index (Phi) is 3.04. The largest absolute Gasteiger partial charge is 0.506 e. The second kappa shape index (κ2) is 5.00. The average molecular weight is 268 g/mol. The minimum absolute atomic E-state index is 0.0313. The van der Waals surface area contributed by atoms with E-state index in [1.54, 1.807) is 24.5 Å². The number of nitrogens with two attached hydrogens (primary N) is 1. The smallest absolute Gasteiger partial charge is 0.258 e. The van der Waals surface area contributed by atoms with Gasteiger partial charge in [0, 0.05) is 24.4 Å². The van der Waals surface area contributed by atoms with E-state index in [4.69, 9.17) is 10.3 Å². The van der Waals surface area contributed by atoms with E-state index in [0.717, 1.165) is 5.56 Å². The lowest BCUT2D eigenvalue weighted by Crippen LogP contribution is -1.91. The van der Waals surface area contributed by atoms with Crippen molar-refractivity contribution in [2.24, 2.45) is 0 Å². The Bertz CT molecular complexity index is 725. The summed E-state index contributed by atoms with van der Waals surface area (Å²) < 4.78 is 5.20. The van der Waals surface area contributed by atoms with Crippen LogP contribution in [0.2, 0.25) is 0 Å². The number of rotatable bonds is 3. The van der Waals surface area contributed by atoms with Crippen molar-refractivity contribution in [3.8, 4) is 17.2 Å². The van der Waals surface area contributed by atoms with Gasteiger partial charge in [0.1, 0.15) is 5.75 Å². The molecular formula is C14H12N4O2. The number of aromatic hydroxyl groups is 1. The van der Waals surface area contributed by atoms with Crippen LogP contribution in [0.5, 0.6) is 5.75 Å². The number of benzene rings is 1. The summed E-state index contributed by atoms with van der Waals surface area (Å²) in [7, 11) is 0. The Balaban J connectivity index is 1.84. The van der Waals surface area contributed by atoms with Crippen LogP contribution in [-0.4, -0.2) is 20.2 Å². The van der Waals surface area contributed by atoms with Gasteiger partial charge in [0.25, 0.3) is 5.89 Å². The van der Waals surface area contributed by atoms with Gasteiger partial charge in [0.15, 0.2) is 5.82 Å². The summed E-state index contributed by atoms with van der Waals surface area (Å²) in [6.45, 7) is 0. The first-order valence-corrected chi connectivity index (χ1v) is 6.03. The molecule has 0 bridgehead atoms. The second-order valence-corrected chi connectivity index (χ2v) is 4.33. The molecule has 2 heterocycles. The lowest BCUT2D eigenvalue weighted by atomic mass is 10.2. The topological polar surface area (TPSA) is 98.1 Å². The fourth-order valence-corrected chi connectivity index (χ4v) is 1.82. The van der Waals surface area contributed by atoms with Crippen LogP contribution in [0, 0.1) is 0 Å². The Morgan fingerprint density at radius 1 is 1.25 bits per heavy atom. The van der Waals surface area contributed by atoms with E-state index in [2.05, 4.69) is 15.1 Å². The van der Waals surface area contributed by atoms with Crippen molar-refractivity contribution in [3.63, 3.8) is 0 Å². The van der Waals surface area contributed by atoms with Gasteiger partial charge >= 0.3 is 0 Å². The summed E-state index contributed by atoms with van der Waals surface area (Å²) in [6, 6.07) is 8.57. The molecule has 0 unspecified atom stereocenters. The molecule has 3 N–H and O–H groups in total. The predicted molar refractivity (Wildman–Crippen MR) is 72.9 cm³/mol. The molecule has 0 aliphatic rings. The van der Waals surface area contributed by atoms with E-state index in [1.807, 2.05) is 12.1 Å². The first kappa shape index (κ1) is 12.2. The van der Waals surface area contributed by atoms with Gasteiger partial charge in [-0.05, 0) is 29.8 Å². The number of pyridine rings is 1. The first-order chi connectivity index (χ1) is 9.72. The van der Waals surface area contributed by atoms with Crippen LogP contribution < -0.4 is 5.73 Å². The third-order valence-corrected chi connectivity index (χ3v) is 2.83. The van der Waals surface area contributed by atoms with Crippen LogP contribution in [0.15, 0.2) is 47.2 Å². The number of phenols is 1. The quantitative estimate of drug-likeness (QED) is 0.557. The van der Waals surface area contributed by atoms with Crippen LogP contribution in [0.4, 0.5) is 5.69 Å². The minimum Gasteiger partial charge on any atom is -0.506 e. The highest BCUT2D eigenvalue weighted by molar-refractivity contribution is 5.64. The zero-order valence-electron chi connectivity index (χ0n) is 10.5. The third-order valence-electron chi connectivity index (χ3n) is 2.83. The molecule has 0 spiro atoms. The summed E-state index contributed by atoms with van der Waals surface area (Å²) in [5.74, 6) is 0.971. The maximum atomic E-state index is 9.39. The molecule has 3 aromatic rings. The average Bonchev–Trinajstić information content (AvgIpc) is 2.91. The van der Waals surface area contributed by atoms with Crippen LogP contribution in [0.3, 0.4) is 0 Å². The monoisotopic (exact) mass is 268 g/mol. The van der Waals surface area contributed by atoms with Gasteiger partial charge in [-0.2, -0.15) is 4.98 Å². The summed E-state index contributed by atoms with van der Waals surface area (Å²) in [4.78, 5) is 8.34. The van der Waals surface area contributed by atoms with Crippen molar-refractivity contribution in [1.29, 1.82) is 0 Å². The minimum atomic E-state index is 0.0313. The van der Waals surface area contributed by atoms with E-state index in [1.165, 1.54) is 6.07 Å². The van der Waals surface area contributed by atoms with Gasteiger partial charge in [-0.15, -0.1) is 0 Å². The maximum absolute atomic E-state index is 9.39. The molecule has 0 amide bonds. The molecule has 0 atom stereocenters. The van der Waals surface area contributed by atoms with Gasteiger partial charge in [-0.1, -0.05) is 11.2 Å². The molecule has 0 radical (unpaired) electrons. The standard InChI is InChI=1S/C14H12N4O2/c15-11-7-10(3-4-12(11)19)14-17-13(18-20-14)6-9-2-1-5-16-8-9/h1-5,7-8,19H,6,15H2. The normalized spacial score (nSPS) is 10.6. The molecule has 0 fully saturated rings. The zero-order valence-corrected chi connectivity index (χ0v) is 10.5. The predicted octanol–water partition coefficient (Wildman–Crippen LogP) is 2.01. The SMILES string of the molecule is Nc1cc(-c2nc(Cc3cccnc3)no2)ccc1O. The molecule has 0 saturated heterocycles. The summed E-state index contributed by atoms with van der Waals surface area (Å²) in [6.07, 6.45) is 4.02. The second-order valence-electron chi connectivity index (χ2n) is 4.33. The summed E-state index contributed by atoms with van der Waals surface area (Å²) in [5, 5.41) is 13.3. The number of anilines is 1. The molecule has 3 rings (SSSR count). The summed E-state index contributed by atoms with van der Waals surface area (Å²) in [5.41, 5.74) is 7.59. The molecular weight excluding hydrogens is 256 g/mol. The Morgan fingerprint density at radius 2 is 2.15 bits per heavy atom. The van der Waals surface area contributed by atoms with Crippen LogP contribution in [0.1, 0.15) is 11.4 Å². The fraction of sp³-hybridized carbons (Fsp3) is 0.0714. The van der Waals surface area contributed by atoms with Gasteiger partial charge < -0.3 is 15.4 Å². The Labute approximate surface area is 114 Å². The highest BCUT2D eigenvalue weighted by atomic mass is 16.5. The number of hydrogen-bond donors (Lipinski definition) is 2. The highest BCUT2D eigenvalue weighted by Crippen LogP contribution is 2.26. The van der Waals surface area contributed by atoms with E-state index in [0.29, 0.717) is 23.7 Å². The van der Waals surface area contributed by atoms with Crippen LogP contribution in [-0.2, 0) is 6.42 Å². The molecule has 6 heteroatoms. The van der Waals surface area contributed by atoms with Gasteiger partial charge in [0.2, 0.25) is 0 Å². The van der Waals surface area contributed by atoms with Crippen molar-refractivity contribution in [2.75, 3.05) is 5.73 Å². The zero-order chi connectivity index (χ0) is 13.9. The van der Waals surface area contributed by atoms with Crippen molar-refractivity contribution in [2.45, 2.75) is 6.42 Å².